The van der Waals surface area contributed by atoms with E-state index < -0.39 is 15.8 Å². The molecule has 0 atom stereocenters. The Morgan fingerprint density at radius 1 is 0.938 bits per heavy atom. The van der Waals surface area contributed by atoms with Crippen LogP contribution in [0.5, 0.6) is 5.75 Å². The molecule has 3 rings (SSSR count). The van der Waals surface area contributed by atoms with E-state index >= 15 is 0 Å². The van der Waals surface area contributed by atoms with Crippen molar-refractivity contribution in [3.05, 3.63) is 110 Å². The van der Waals surface area contributed by atoms with Crippen LogP contribution in [0.25, 0.3) is 0 Å². The van der Waals surface area contributed by atoms with Crippen molar-refractivity contribution in [2.24, 2.45) is 5.10 Å². The molecule has 0 saturated heterocycles. The van der Waals surface area contributed by atoms with Gasteiger partial charge < -0.3 is 4.74 Å². The summed E-state index contributed by atoms with van der Waals surface area (Å²) in [6.45, 7) is 0.257. The van der Waals surface area contributed by atoms with E-state index in [0.29, 0.717) is 16.9 Å². The van der Waals surface area contributed by atoms with Crippen molar-refractivity contribution in [1.82, 2.24) is 5.43 Å². The summed E-state index contributed by atoms with van der Waals surface area (Å²) in [6, 6.07) is 19.1. The molecule has 0 aromatic heterocycles. The SMILES string of the molecule is O=C(Cc1ccccc1[N+](=O)[O-])NN=Cc1ccc(OCc2ccc([N+](=O)[O-])cc2)cc1. The zero-order chi connectivity index (χ0) is 22.9. The monoisotopic (exact) mass is 434 g/mol. The molecule has 0 saturated carbocycles. The molecule has 0 fully saturated rings. The normalized spacial score (nSPS) is 10.6. The van der Waals surface area contributed by atoms with Gasteiger partial charge in [0.2, 0.25) is 5.91 Å². The van der Waals surface area contributed by atoms with E-state index in [2.05, 4.69) is 10.5 Å². The van der Waals surface area contributed by atoms with Gasteiger partial charge in [-0.1, -0.05) is 18.2 Å². The summed E-state index contributed by atoms with van der Waals surface area (Å²) >= 11 is 0. The van der Waals surface area contributed by atoms with E-state index in [9.17, 15) is 25.0 Å². The number of para-hydroxylation sites is 1. The summed E-state index contributed by atoms with van der Waals surface area (Å²) in [6.07, 6.45) is 1.28. The van der Waals surface area contributed by atoms with Gasteiger partial charge in [-0.15, -0.1) is 0 Å². The Hall–Kier alpha value is -4.60. The smallest absolute Gasteiger partial charge is 0.273 e. The van der Waals surface area contributed by atoms with Crippen LogP contribution in [-0.4, -0.2) is 22.0 Å². The average Bonchev–Trinajstić information content (AvgIpc) is 2.79. The van der Waals surface area contributed by atoms with Crippen LogP contribution in [0.1, 0.15) is 16.7 Å². The number of ether oxygens (including phenoxy) is 1. The number of rotatable bonds is 9. The van der Waals surface area contributed by atoms with Crippen LogP contribution in [0, 0.1) is 20.2 Å². The average molecular weight is 434 g/mol. The second kappa shape index (κ2) is 10.4. The first kappa shape index (κ1) is 22.1. The Balaban J connectivity index is 1.49. The van der Waals surface area contributed by atoms with Crippen molar-refractivity contribution in [3.8, 4) is 5.75 Å². The number of hydrogen-bond donors (Lipinski definition) is 1. The number of amides is 1. The Morgan fingerprint density at radius 3 is 2.28 bits per heavy atom. The van der Waals surface area contributed by atoms with E-state index in [-0.39, 0.29) is 24.4 Å². The van der Waals surface area contributed by atoms with Gasteiger partial charge in [0.05, 0.1) is 22.5 Å². The molecule has 1 amide bonds. The quantitative estimate of drug-likeness (QED) is 0.309. The molecule has 3 aromatic carbocycles. The third-order valence-corrected chi connectivity index (χ3v) is 4.37. The molecule has 32 heavy (non-hydrogen) atoms. The van der Waals surface area contributed by atoms with E-state index in [1.165, 1.54) is 36.5 Å². The van der Waals surface area contributed by atoms with Gasteiger partial charge in [0.1, 0.15) is 12.4 Å². The number of nitro groups is 2. The number of nitro benzene ring substituents is 2. The van der Waals surface area contributed by atoms with Gasteiger partial charge in [-0.05, 0) is 47.5 Å². The second-order valence-electron chi connectivity index (χ2n) is 6.64. The molecule has 10 nitrogen and oxygen atoms in total. The summed E-state index contributed by atoms with van der Waals surface area (Å²) in [7, 11) is 0. The van der Waals surface area contributed by atoms with Crippen LogP contribution in [0.4, 0.5) is 11.4 Å². The van der Waals surface area contributed by atoms with Crippen molar-refractivity contribution >= 4 is 23.5 Å². The number of nitrogens with zero attached hydrogens (tertiary/aromatic N) is 3. The number of benzene rings is 3. The zero-order valence-electron chi connectivity index (χ0n) is 16.7. The fourth-order valence-electron chi connectivity index (χ4n) is 2.76. The van der Waals surface area contributed by atoms with E-state index in [1.54, 1.807) is 42.5 Å². The van der Waals surface area contributed by atoms with E-state index in [0.717, 1.165) is 5.56 Å². The van der Waals surface area contributed by atoms with Crippen molar-refractivity contribution in [2.75, 3.05) is 0 Å². The summed E-state index contributed by atoms with van der Waals surface area (Å²) in [4.78, 5) is 32.7. The minimum absolute atomic E-state index is 0.0199. The summed E-state index contributed by atoms with van der Waals surface area (Å²) in [5, 5.41) is 25.5. The third kappa shape index (κ3) is 6.20. The van der Waals surface area contributed by atoms with Crippen LogP contribution in [-0.2, 0) is 17.8 Å². The topological polar surface area (TPSA) is 137 Å². The maximum Gasteiger partial charge on any atom is 0.273 e. The number of hydrogen-bond acceptors (Lipinski definition) is 7. The van der Waals surface area contributed by atoms with Crippen molar-refractivity contribution in [3.63, 3.8) is 0 Å². The highest BCUT2D eigenvalue weighted by atomic mass is 16.6. The predicted octanol–water partition coefficient (Wildman–Crippen LogP) is 3.77. The van der Waals surface area contributed by atoms with Gasteiger partial charge >= 0.3 is 0 Å². The maximum atomic E-state index is 12.0. The van der Waals surface area contributed by atoms with Crippen molar-refractivity contribution in [2.45, 2.75) is 13.0 Å². The summed E-state index contributed by atoms with van der Waals surface area (Å²) in [5.74, 6) is 0.125. The van der Waals surface area contributed by atoms with Crippen LogP contribution in [0.3, 0.4) is 0 Å². The lowest BCUT2D eigenvalue weighted by molar-refractivity contribution is -0.385. The first-order valence-electron chi connectivity index (χ1n) is 9.43. The highest BCUT2D eigenvalue weighted by Crippen LogP contribution is 2.18. The molecule has 10 heteroatoms. The van der Waals surface area contributed by atoms with Gasteiger partial charge in [-0.3, -0.25) is 25.0 Å². The fraction of sp³-hybridized carbons (Fsp3) is 0.0909. The predicted molar refractivity (Wildman–Crippen MR) is 116 cm³/mol. The van der Waals surface area contributed by atoms with Gasteiger partial charge in [-0.25, -0.2) is 5.43 Å². The maximum absolute atomic E-state index is 12.0. The van der Waals surface area contributed by atoms with Gasteiger partial charge in [0, 0.05) is 23.8 Å². The highest BCUT2D eigenvalue weighted by molar-refractivity contribution is 5.83. The number of carbonyl (C=O) groups excluding carboxylic acids is 1. The zero-order valence-corrected chi connectivity index (χ0v) is 16.7. The van der Waals surface area contributed by atoms with E-state index in [4.69, 9.17) is 4.74 Å². The molecule has 0 aliphatic rings. The number of non-ortho nitro benzene ring substituents is 1. The largest absolute Gasteiger partial charge is 0.489 e. The highest BCUT2D eigenvalue weighted by Gasteiger charge is 2.15. The van der Waals surface area contributed by atoms with Gasteiger partial charge in [0.25, 0.3) is 11.4 Å². The Labute approximate surface area is 182 Å². The van der Waals surface area contributed by atoms with Crippen LogP contribution in [0.15, 0.2) is 77.9 Å². The number of nitrogens with one attached hydrogen (secondary N) is 1. The molecular weight excluding hydrogens is 416 g/mol. The molecular formula is C22H18N4O6. The minimum Gasteiger partial charge on any atom is -0.489 e. The second-order valence-corrected chi connectivity index (χ2v) is 6.64. The Kier molecular flexibility index (Phi) is 7.20. The molecule has 1 N–H and O–H groups in total. The summed E-state index contributed by atoms with van der Waals surface area (Å²) < 4.78 is 5.65. The van der Waals surface area contributed by atoms with Gasteiger partial charge in [0.15, 0.2) is 0 Å². The van der Waals surface area contributed by atoms with E-state index in [1.807, 2.05) is 0 Å². The summed E-state index contributed by atoms with van der Waals surface area (Å²) in [5.41, 5.74) is 4.06. The lowest BCUT2D eigenvalue weighted by Crippen LogP contribution is -2.20. The van der Waals surface area contributed by atoms with Crippen LogP contribution in [0.2, 0.25) is 0 Å². The molecule has 0 aliphatic carbocycles. The minimum atomic E-state index is -0.531. The number of hydrazone groups is 1. The lowest BCUT2D eigenvalue weighted by atomic mass is 10.1. The van der Waals surface area contributed by atoms with Crippen molar-refractivity contribution in [1.29, 1.82) is 0 Å². The van der Waals surface area contributed by atoms with Crippen molar-refractivity contribution < 1.29 is 19.4 Å². The first-order valence-corrected chi connectivity index (χ1v) is 9.43. The molecule has 0 unspecified atom stereocenters. The fourth-order valence-corrected chi connectivity index (χ4v) is 2.76. The number of carbonyl (C=O) groups is 1. The molecule has 0 heterocycles. The van der Waals surface area contributed by atoms with Crippen LogP contribution < -0.4 is 10.2 Å². The molecule has 0 spiro atoms. The first-order chi connectivity index (χ1) is 15.4. The van der Waals surface area contributed by atoms with Gasteiger partial charge in [-0.2, -0.15) is 5.10 Å². The lowest BCUT2D eigenvalue weighted by Gasteiger charge is -2.06. The molecule has 0 bridgehead atoms. The standard InChI is InChI=1S/C22H18N4O6/c27-22(13-18-3-1-2-4-21(18)26(30)31)24-23-14-16-7-11-20(12-8-16)32-15-17-5-9-19(10-6-17)25(28)29/h1-12,14H,13,15H2,(H,24,27). The molecule has 0 radical (unpaired) electrons. The Bertz CT molecular complexity index is 1140. The third-order valence-electron chi connectivity index (χ3n) is 4.37. The molecule has 162 valence electrons. The molecule has 3 aromatic rings. The molecule has 0 aliphatic heterocycles. The Morgan fingerprint density at radius 2 is 1.62 bits per heavy atom. The van der Waals surface area contributed by atoms with Crippen LogP contribution >= 0.6 is 0 Å².